The molecule has 164 valence electrons. The van der Waals surface area contributed by atoms with Gasteiger partial charge in [0.1, 0.15) is 15.6 Å². The van der Waals surface area contributed by atoms with Gasteiger partial charge in [-0.2, -0.15) is 28.2 Å². The van der Waals surface area contributed by atoms with E-state index in [1.165, 1.54) is 16.9 Å². The van der Waals surface area contributed by atoms with Crippen LogP contribution in [0.5, 0.6) is 0 Å². The molecule has 0 atom stereocenters. The largest absolute Gasteiger partial charge is 0.416 e. The Bertz CT molecular complexity index is 1250. The molecule has 0 saturated carbocycles. The highest BCUT2D eigenvalue weighted by molar-refractivity contribution is 7.17. The fourth-order valence-electron chi connectivity index (χ4n) is 3.03. The second kappa shape index (κ2) is 8.54. The highest BCUT2D eigenvalue weighted by Gasteiger charge is 2.30. The van der Waals surface area contributed by atoms with Crippen LogP contribution in [0, 0.1) is 13.8 Å². The van der Waals surface area contributed by atoms with Crippen LogP contribution in [0.2, 0.25) is 0 Å². The number of carbonyl (C=O) groups is 1. The monoisotopic (exact) mass is 457 g/mol. The minimum Gasteiger partial charge on any atom is -0.345 e. The first kappa shape index (κ1) is 21.7. The summed E-state index contributed by atoms with van der Waals surface area (Å²) in [7, 11) is 0. The highest BCUT2D eigenvalue weighted by atomic mass is 32.1. The van der Waals surface area contributed by atoms with E-state index >= 15 is 0 Å². The van der Waals surface area contributed by atoms with Crippen molar-refractivity contribution in [3.63, 3.8) is 0 Å². The lowest BCUT2D eigenvalue weighted by Gasteiger charge is -2.06. The van der Waals surface area contributed by atoms with Gasteiger partial charge >= 0.3 is 6.18 Å². The van der Waals surface area contributed by atoms with E-state index < -0.39 is 11.7 Å². The Balaban J connectivity index is 1.47. The molecule has 32 heavy (non-hydrogen) atoms. The zero-order chi connectivity index (χ0) is 22.9. The van der Waals surface area contributed by atoms with Crippen LogP contribution in [0.4, 0.5) is 13.2 Å². The molecule has 6 nitrogen and oxygen atoms in total. The van der Waals surface area contributed by atoms with Gasteiger partial charge in [-0.3, -0.25) is 4.79 Å². The van der Waals surface area contributed by atoms with Crippen LogP contribution < -0.4 is 5.32 Å². The van der Waals surface area contributed by atoms with E-state index in [0.717, 1.165) is 29.2 Å². The minimum atomic E-state index is -4.40. The van der Waals surface area contributed by atoms with Crippen molar-refractivity contribution >= 4 is 17.2 Å². The Morgan fingerprint density at radius 1 is 1.00 bits per heavy atom. The summed E-state index contributed by atoms with van der Waals surface area (Å²) in [5.41, 5.74) is 2.44. The summed E-state index contributed by atoms with van der Waals surface area (Å²) in [6.07, 6.45) is -4.40. The molecule has 2 aromatic carbocycles. The van der Waals surface area contributed by atoms with Crippen molar-refractivity contribution in [3.05, 3.63) is 82.1 Å². The second-order valence-corrected chi connectivity index (χ2v) is 8.05. The number of nitrogens with zero attached hydrogens (tertiary/aromatic N) is 4. The van der Waals surface area contributed by atoms with Gasteiger partial charge in [0.2, 0.25) is 0 Å². The van der Waals surface area contributed by atoms with Gasteiger partial charge in [-0.15, -0.1) is 11.3 Å². The number of nitrogens with one attached hydrogen (secondary N) is 1. The molecule has 1 amide bonds. The summed E-state index contributed by atoms with van der Waals surface area (Å²) in [6, 6.07) is 14.2. The Morgan fingerprint density at radius 2 is 1.69 bits per heavy atom. The number of thiazole rings is 1. The summed E-state index contributed by atoms with van der Waals surface area (Å²) in [5.74, 6) is -0.327. The molecule has 10 heteroatoms. The lowest BCUT2D eigenvalue weighted by Crippen LogP contribution is -2.23. The first-order chi connectivity index (χ1) is 15.2. The molecular weight excluding hydrogens is 439 g/mol. The summed E-state index contributed by atoms with van der Waals surface area (Å²) >= 11 is 1.13. The van der Waals surface area contributed by atoms with E-state index in [2.05, 4.69) is 20.5 Å². The molecule has 0 radical (unpaired) electrons. The lowest BCUT2D eigenvalue weighted by atomic mass is 10.1. The fraction of sp³-hybridized carbons (Fsp3) is 0.182. The molecule has 0 aliphatic rings. The van der Waals surface area contributed by atoms with Crippen LogP contribution >= 0.6 is 11.3 Å². The number of aryl methyl sites for hydroxylation is 2. The molecule has 0 saturated heterocycles. The smallest absolute Gasteiger partial charge is 0.345 e. The summed E-state index contributed by atoms with van der Waals surface area (Å²) in [5, 5.41) is 12.1. The number of aromatic nitrogens is 4. The van der Waals surface area contributed by atoms with E-state index in [-0.39, 0.29) is 12.5 Å². The van der Waals surface area contributed by atoms with Gasteiger partial charge in [0.25, 0.3) is 5.91 Å². The molecular formula is C22H18F3N5OS. The molecule has 0 unspecified atom stereocenters. The van der Waals surface area contributed by atoms with Crippen molar-refractivity contribution in [2.75, 3.05) is 0 Å². The highest BCUT2D eigenvalue weighted by Crippen LogP contribution is 2.33. The average molecular weight is 457 g/mol. The fourth-order valence-corrected chi connectivity index (χ4v) is 4.01. The van der Waals surface area contributed by atoms with Crippen molar-refractivity contribution in [2.45, 2.75) is 26.6 Å². The first-order valence-electron chi connectivity index (χ1n) is 9.64. The third kappa shape index (κ3) is 4.54. The maximum Gasteiger partial charge on any atom is 0.416 e. The second-order valence-electron chi connectivity index (χ2n) is 7.05. The number of halogens is 3. The maximum absolute atomic E-state index is 12.8. The maximum atomic E-state index is 12.8. The van der Waals surface area contributed by atoms with Crippen LogP contribution in [0.3, 0.4) is 0 Å². The normalized spacial score (nSPS) is 11.5. The molecule has 0 fully saturated rings. The van der Waals surface area contributed by atoms with Gasteiger partial charge in [0.15, 0.2) is 0 Å². The Hall–Kier alpha value is -3.53. The van der Waals surface area contributed by atoms with Crippen LogP contribution in [-0.2, 0) is 12.7 Å². The van der Waals surface area contributed by atoms with Gasteiger partial charge in [-0.05, 0) is 38.1 Å². The van der Waals surface area contributed by atoms with Crippen molar-refractivity contribution in [1.29, 1.82) is 0 Å². The van der Waals surface area contributed by atoms with Crippen molar-refractivity contribution < 1.29 is 18.0 Å². The Labute approximate surface area is 185 Å². The van der Waals surface area contributed by atoms with E-state index in [1.807, 2.05) is 37.3 Å². The SMILES string of the molecule is Cc1nn(-c2ccccc2)nc1CNC(=O)c1sc(-c2ccc(C(F)(F)F)cc2)nc1C. The molecule has 0 spiro atoms. The topological polar surface area (TPSA) is 72.7 Å². The zero-order valence-electron chi connectivity index (χ0n) is 17.1. The van der Waals surface area contributed by atoms with E-state index in [9.17, 15) is 18.0 Å². The molecule has 4 rings (SSSR count). The van der Waals surface area contributed by atoms with E-state index in [1.54, 1.807) is 6.92 Å². The van der Waals surface area contributed by atoms with Crippen LogP contribution in [0.15, 0.2) is 54.6 Å². The van der Waals surface area contributed by atoms with Crippen LogP contribution in [0.25, 0.3) is 16.3 Å². The molecule has 0 aliphatic carbocycles. The number of amides is 1. The van der Waals surface area contributed by atoms with Gasteiger partial charge in [0, 0.05) is 5.56 Å². The van der Waals surface area contributed by atoms with Gasteiger partial charge in [0.05, 0.1) is 29.2 Å². The van der Waals surface area contributed by atoms with Crippen LogP contribution in [-0.4, -0.2) is 25.9 Å². The predicted octanol–water partition coefficient (Wildman–Crippen LogP) is 4.96. The lowest BCUT2D eigenvalue weighted by molar-refractivity contribution is -0.137. The average Bonchev–Trinajstić information content (AvgIpc) is 3.35. The third-order valence-electron chi connectivity index (χ3n) is 4.74. The molecule has 2 heterocycles. The van der Waals surface area contributed by atoms with Crippen molar-refractivity contribution in [3.8, 4) is 16.3 Å². The molecule has 2 aromatic heterocycles. The summed E-state index contributed by atoms with van der Waals surface area (Å²) < 4.78 is 38.3. The number of carbonyl (C=O) groups excluding carboxylic acids is 1. The van der Waals surface area contributed by atoms with Crippen molar-refractivity contribution in [1.82, 2.24) is 25.3 Å². The number of rotatable bonds is 5. The number of benzene rings is 2. The number of alkyl halides is 3. The standard InChI is InChI=1S/C22H18F3N5OS/c1-13-18(29-30(28-13)17-6-4-3-5-7-17)12-26-20(31)19-14(2)27-21(32-19)15-8-10-16(11-9-15)22(23,24)25/h3-11H,12H2,1-2H3,(H,26,31). The number of para-hydroxylation sites is 1. The van der Waals surface area contributed by atoms with E-state index in [0.29, 0.717) is 32.5 Å². The van der Waals surface area contributed by atoms with Crippen molar-refractivity contribution in [2.24, 2.45) is 0 Å². The quantitative estimate of drug-likeness (QED) is 0.460. The Kier molecular flexibility index (Phi) is 5.79. The summed E-state index contributed by atoms with van der Waals surface area (Å²) in [4.78, 5) is 19.0. The molecule has 0 aliphatic heterocycles. The third-order valence-corrected chi connectivity index (χ3v) is 5.95. The number of hydrogen-bond acceptors (Lipinski definition) is 5. The number of hydrogen-bond donors (Lipinski definition) is 1. The zero-order valence-corrected chi connectivity index (χ0v) is 18.0. The predicted molar refractivity (Wildman–Crippen MR) is 115 cm³/mol. The molecule has 1 N–H and O–H groups in total. The molecule has 4 aromatic rings. The van der Waals surface area contributed by atoms with Gasteiger partial charge in [-0.1, -0.05) is 30.3 Å². The van der Waals surface area contributed by atoms with Gasteiger partial charge < -0.3 is 5.32 Å². The van der Waals surface area contributed by atoms with E-state index in [4.69, 9.17) is 0 Å². The molecule has 0 bridgehead atoms. The van der Waals surface area contributed by atoms with Crippen LogP contribution in [0.1, 0.15) is 32.3 Å². The van der Waals surface area contributed by atoms with Gasteiger partial charge in [-0.25, -0.2) is 4.98 Å². The summed E-state index contributed by atoms with van der Waals surface area (Å²) in [6.45, 7) is 3.69. The minimum absolute atomic E-state index is 0.185. The first-order valence-corrected chi connectivity index (χ1v) is 10.5. The Morgan fingerprint density at radius 3 is 2.34 bits per heavy atom.